The van der Waals surface area contributed by atoms with E-state index in [0.717, 1.165) is 12.8 Å². The van der Waals surface area contributed by atoms with Crippen molar-refractivity contribution in [2.45, 2.75) is 46.0 Å². The van der Waals surface area contributed by atoms with Crippen LogP contribution in [0.5, 0.6) is 0 Å². The fourth-order valence-corrected chi connectivity index (χ4v) is 2.66. The summed E-state index contributed by atoms with van der Waals surface area (Å²) in [6, 6.07) is 0. The quantitative estimate of drug-likeness (QED) is 0.826. The lowest BCUT2D eigenvalue weighted by Crippen LogP contribution is -2.26. The first-order valence-electron chi connectivity index (χ1n) is 7.26. The van der Waals surface area contributed by atoms with Gasteiger partial charge < -0.3 is 10.2 Å². The molecule has 2 N–H and O–H groups in total. The number of carboxylic acids is 2. The van der Waals surface area contributed by atoms with E-state index < -0.39 is 11.9 Å². The molecule has 0 aliphatic heterocycles. The Bertz CT molecular complexity index is 487. The average Bonchev–Trinajstić information content (AvgIpc) is 2.41. The minimum atomic E-state index is -0.952. The van der Waals surface area contributed by atoms with Crippen LogP contribution >= 0.6 is 0 Å². The average molecular weight is 292 g/mol. The second kappa shape index (κ2) is 7.25. The molecule has 21 heavy (non-hydrogen) atoms. The number of carbonyl (C=O) groups is 2. The molecule has 0 fully saturated rings. The van der Waals surface area contributed by atoms with E-state index in [1.165, 1.54) is 0 Å². The van der Waals surface area contributed by atoms with Gasteiger partial charge in [0.15, 0.2) is 0 Å². The smallest absolute Gasteiger partial charge is 0.335 e. The molecule has 2 unspecified atom stereocenters. The van der Waals surface area contributed by atoms with E-state index in [-0.39, 0.29) is 17.4 Å². The summed E-state index contributed by atoms with van der Waals surface area (Å²) in [6.45, 7) is 8.08. The molecule has 0 aromatic rings. The highest BCUT2D eigenvalue weighted by Crippen LogP contribution is 2.40. The van der Waals surface area contributed by atoms with Gasteiger partial charge >= 0.3 is 11.9 Å². The molecule has 0 heterocycles. The molecule has 0 spiro atoms. The molecule has 0 aromatic heterocycles. The van der Waals surface area contributed by atoms with Crippen molar-refractivity contribution in [3.05, 3.63) is 36.0 Å². The van der Waals surface area contributed by atoms with Crippen LogP contribution in [0.15, 0.2) is 36.0 Å². The molecule has 2 atom stereocenters. The summed E-state index contributed by atoms with van der Waals surface area (Å²) in [7, 11) is 0. The highest BCUT2D eigenvalue weighted by Gasteiger charge is 2.31. The number of allylic oxidation sites excluding steroid dienone is 3. The number of rotatable bonds is 4. The summed E-state index contributed by atoms with van der Waals surface area (Å²) in [5.41, 5.74) is 0.790. The monoisotopic (exact) mass is 292 g/mol. The normalized spacial score (nSPS) is 27.0. The van der Waals surface area contributed by atoms with Crippen LogP contribution in [0.4, 0.5) is 0 Å². The molecule has 0 bridgehead atoms. The van der Waals surface area contributed by atoms with Crippen molar-refractivity contribution in [2.75, 3.05) is 0 Å². The maximum absolute atomic E-state index is 11.2. The van der Waals surface area contributed by atoms with Gasteiger partial charge in [0.1, 0.15) is 0 Å². The third-order valence-electron chi connectivity index (χ3n) is 4.57. The maximum atomic E-state index is 11.2. The molecule has 116 valence electrons. The van der Waals surface area contributed by atoms with Crippen LogP contribution in [0, 0.1) is 11.3 Å². The molecule has 0 saturated heterocycles. The predicted molar refractivity (Wildman–Crippen MR) is 82.0 cm³/mol. The minimum absolute atomic E-state index is 0.0935. The molecule has 0 radical (unpaired) electrons. The summed E-state index contributed by atoms with van der Waals surface area (Å²) in [5, 5.41) is 18.1. The van der Waals surface area contributed by atoms with Gasteiger partial charge in [0.05, 0.1) is 5.57 Å². The number of hydrogen-bond acceptors (Lipinski definition) is 2. The zero-order valence-electron chi connectivity index (χ0n) is 12.8. The summed E-state index contributed by atoms with van der Waals surface area (Å²) >= 11 is 0. The van der Waals surface area contributed by atoms with Gasteiger partial charge in [0, 0.05) is 6.42 Å². The first kappa shape index (κ1) is 17.2. The van der Waals surface area contributed by atoms with E-state index in [0.29, 0.717) is 24.3 Å². The van der Waals surface area contributed by atoms with Crippen LogP contribution in [0.25, 0.3) is 0 Å². The van der Waals surface area contributed by atoms with E-state index >= 15 is 0 Å². The van der Waals surface area contributed by atoms with Gasteiger partial charge in [-0.15, -0.1) is 0 Å². The third kappa shape index (κ3) is 4.88. The van der Waals surface area contributed by atoms with Crippen LogP contribution in [0.2, 0.25) is 0 Å². The molecule has 4 heteroatoms. The Balaban J connectivity index is 2.96. The number of aliphatic carboxylic acids is 2. The van der Waals surface area contributed by atoms with Crippen LogP contribution in [0.1, 0.15) is 46.0 Å². The summed E-state index contributed by atoms with van der Waals surface area (Å²) in [5.74, 6) is -1.43. The van der Waals surface area contributed by atoms with Crippen molar-refractivity contribution in [1.29, 1.82) is 0 Å². The Morgan fingerprint density at radius 2 is 2.10 bits per heavy atom. The van der Waals surface area contributed by atoms with Gasteiger partial charge in [-0.2, -0.15) is 0 Å². The minimum Gasteiger partial charge on any atom is -0.481 e. The second-order valence-corrected chi connectivity index (χ2v) is 6.11. The number of hydrogen-bond donors (Lipinski definition) is 2. The predicted octanol–water partition coefficient (Wildman–Crippen LogP) is 3.80. The maximum Gasteiger partial charge on any atom is 0.335 e. The fraction of sp³-hybridized carbons (Fsp3) is 0.529. The zero-order valence-corrected chi connectivity index (χ0v) is 12.8. The van der Waals surface area contributed by atoms with Gasteiger partial charge in [0.25, 0.3) is 0 Å². The third-order valence-corrected chi connectivity index (χ3v) is 4.57. The van der Waals surface area contributed by atoms with Crippen LogP contribution in [-0.2, 0) is 9.59 Å². The van der Waals surface area contributed by atoms with Crippen molar-refractivity contribution in [3.63, 3.8) is 0 Å². The van der Waals surface area contributed by atoms with Gasteiger partial charge in [-0.3, -0.25) is 4.79 Å². The van der Waals surface area contributed by atoms with Gasteiger partial charge in [-0.25, -0.2) is 4.79 Å². The summed E-state index contributed by atoms with van der Waals surface area (Å²) < 4.78 is 0. The Morgan fingerprint density at radius 1 is 1.43 bits per heavy atom. The lowest BCUT2D eigenvalue weighted by Gasteiger charge is -2.35. The van der Waals surface area contributed by atoms with Gasteiger partial charge in [-0.1, -0.05) is 32.6 Å². The second-order valence-electron chi connectivity index (χ2n) is 6.11. The lowest BCUT2D eigenvalue weighted by atomic mass is 9.69. The molecular formula is C17H24O4. The molecule has 0 aromatic carbocycles. The van der Waals surface area contributed by atoms with E-state index in [9.17, 15) is 14.7 Å². The largest absolute Gasteiger partial charge is 0.481 e. The standard InChI is InChI=1S/C17H24O4/c1-12-7-8-13(2)17(3,11-9-15(18)19)10-5-4-6-14(12)16(20)21/h4-6,13H,1,7-11H2,2-3H3,(H,18,19)(H,20,21). The molecule has 1 aliphatic rings. The van der Waals surface area contributed by atoms with Crippen molar-refractivity contribution >= 4 is 11.9 Å². The van der Waals surface area contributed by atoms with E-state index in [1.54, 1.807) is 12.2 Å². The first-order chi connectivity index (χ1) is 9.76. The van der Waals surface area contributed by atoms with E-state index in [2.05, 4.69) is 20.4 Å². The van der Waals surface area contributed by atoms with Crippen molar-refractivity contribution in [2.24, 2.45) is 11.3 Å². The van der Waals surface area contributed by atoms with E-state index in [1.807, 2.05) is 6.08 Å². The molecule has 0 saturated carbocycles. The van der Waals surface area contributed by atoms with Gasteiger partial charge in [0.2, 0.25) is 0 Å². The highest BCUT2D eigenvalue weighted by molar-refractivity contribution is 5.91. The Labute approximate surface area is 125 Å². The zero-order chi connectivity index (χ0) is 16.0. The highest BCUT2D eigenvalue weighted by atomic mass is 16.4. The molecule has 1 aliphatic carbocycles. The van der Waals surface area contributed by atoms with Crippen LogP contribution < -0.4 is 0 Å². The number of carboxylic acid groups (broad SMARTS) is 2. The topological polar surface area (TPSA) is 74.6 Å². The van der Waals surface area contributed by atoms with Crippen molar-refractivity contribution in [1.82, 2.24) is 0 Å². The van der Waals surface area contributed by atoms with Crippen molar-refractivity contribution in [3.8, 4) is 0 Å². The first-order valence-corrected chi connectivity index (χ1v) is 7.26. The van der Waals surface area contributed by atoms with Crippen LogP contribution in [0.3, 0.4) is 0 Å². The Hall–Kier alpha value is -1.84. The molecule has 4 nitrogen and oxygen atoms in total. The van der Waals surface area contributed by atoms with Crippen LogP contribution in [-0.4, -0.2) is 22.2 Å². The molecular weight excluding hydrogens is 268 g/mol. The Kier molecular flexibility index (Phi) is 5.94. The lowest BCUT2D eigenvalue weighted by molar-refractivity contribution is -0.138. The fourth-order valence-electron chi connectivity index (χ4n) is 2.66. The van der Waals surface area contributed by atoms with E-state index in [4.69, 9.17) is 5.11 Å². The van der Waals surface area contributed by atoms with Crippen molar-refractivity contribution < 1.29 is 19.8 Å². The SMILES string of the molecule is C=C1CCC(C)C(C)(CCC(=O)O)CC=CC=C1C(=O)O. The molecule has 0 amide bonds. The summed E-state index contributed by atoms with van der Waals surface area (Å²) in [6.07, 6.45) is 8.21. The Morgan fingerprint density at radius 3 is 2.67 bits per heavy atom. The summed E-state index contributed by atoms with van der Waals surface area (Å²) in [4.78, 5) is 22.0. The van der Waals surface area contributed by atoms with Gasteiger partial charge in [-0.05, 0) is 48.7 Å². The molecule has 1 rings (SSSR count).